The van der Waals surface area contributed by atoms with Gasteiger partial charge in [-0.3, -0.25) is 0 Å². The Kier molecular flexibility index (Phi) is 6.35. The lowest BCUT2D eigenvalue weighted by Crippen LogP contribution is -2.21. The number of hydrogen-bond donors (Lipinski definition) is 0. The van der Waals surface area contributed by atoms with Gasteiger partial charge in [-0.05, 0) is 39.7 Å². The topological polar surface area (TPSA) is 29.4 Å². The number of hydrogen-bond acceptors (Lipinski definition) is 1. The number of halogens is 1. The van der Waals surface area contributed by atoms with Crippen molar-refractivity contribution in [1.29, 1.82) is 0 Å². The second-order valence-electron chi connectivity index (χ2n) is 5.14. The minimum absolute atomic E-state index is 0.135. The van der Waals surface area contributed by atoms with E-state index in [1.807, 2.05) is 40.7 Å². The van der Waals surface area contributed by atoms with Gasteiger partial charge in [-0.2, -0.15) is 4.40 Å². The Morgan fingerprint density at radius 3 is 2.29 bits per heavy atom. The maximum Gasteiger partial charge on any atom is 0.144 e. The molecule has 0 N–H and O–H groups in total. The summed E-state index contributed by atoms with van der Waals surface area (Å²) in [5, 5.41) is 0. The van der Waals surface area contributed by atoms with Gasteiger partial charge in [0.1, 0.15) is 11.0 Å². The van der Waals surface area contributed by atoms with Crippen molar-refractivity contribution in [2.24, 2.45) is 10.3 Å². The number of rotatable bonds is 5. The van der Waals surface area contributed by atoms with Crippen LogP contribution < -0.4 is 0 Å². The molecule has 3 atom stereocenters. The van der Waals surface area contributed by atoms with E-state index in [1.54, 1.807) is 18.4 Å². The molecule has 0 aliphatic carbocycles. The first-order valence-electron chi connectivity index (χ1n) is 5.56. The Hall–Kier alpha value is -0.410. The molecule has 0 aliphatic heterocycles. The maximum absolute atomic E-state index is 11.6. The predicted molar refractivity (Wildman–Crippen MR) is 79.1 cm³/mol. The first-order chi connectivity index (χ1) is 7.61. The third-order valence-electron chi connectivity index (χ3n) is 2.46. The molecule has 98 valence electrons. The fourth-order valence-corrected chi connectivity index (χ4v) is 1.41. The highest BCUT2D eigenvalue weighted by atomic mass is 35.5. The summed E-state index contributed by atoms with van der Waals surface area (Å²) in [6, 6.07) is 0. The van der Waals surface area contributed by atoms with Crippen molar-refractivity contribution in [3.63, 3.8) is 0 Å². The highest BCUT2D eigenvalue weighted by Gasteiger charge is 2.22. The molecule has 0 bridgehead atoms. The third-order valence-corrected chi connectivity index (χ3v) is 4.32. The average molecular weight is 276 g/mol. The van der Waals surface area contributed by atoms with Crippen LogP contribution in [-0.4, -0.2) is 20.0 Å². The van der Waals surface area contributed by atoms with E-state index in [2.05, 4.69) is 11.0 Å². The Morgan fingerprint density at radius 2 is 1.88 bits per heavy atom. The zero-order valence-electron chi connectivity index (χ0n) is 11.2. The summed E-state index contributed by atoms with van der Waals surface area (Å²) < 4.78 is 15.2. The van der Waals surface area contributed by atoms with Crippen molar-refractivity contribution in [2.45, 2.75) is 44.2 Å². The van der Waals surface area contributed by atoms with Gasteiger partial charge in [0.15, 0.2) is 0 Å². The molecule has 0 spiro atoms. The van der Waals surface area contributed by atoms with Crippen LogP contribution in [0.2, 0.25) is 0 Å². The van der Waals surface area contributed by atoms with E-state index in [0.717, 1.165) is 0 Å². The number of alkyl halides is 1. The zero-order chi connectivity index (χ0) is 13.7. The van der Waals surface area contributed by atoms with E-state index >= 15 is 0 Å². The van der Waals surface area contributed by atoms with Crippen molar-refractivity contribution in [3.05, 3.63) is 24.8 Å². The van der Waals surface area contributed by atoms with E-state index in [1.165, 1.54) is 0 Å². The van der Waals surface area contributed by atoms with Crippen LogP contribution in [-0.2, 0) is 11.0 Å². The van der Waals surface area contributed by atoms with E-state index in [9.17, 15) is 4.21 Å². The van der Waals surface area contributed by atoms with Crippen LogP contribution in [0.1, 0.15) is 34.6 Å². The summed E-state index contributed by atoms with van der Waals surface area (Å²) in [6.07, 6.45) is 6.98. The van der Waals surface area contributed by atoms with Gasteiger partial charge in [0, 0.05) is 6.21 Å². The first kappa shape index (κ1) is 16.6. The predicted octanol–water partition coefficient (Wildman–Crippen LogP) is 3.90. The van der Waals surface area contributed by atoms with Crippen molar-refractivity contribution in [1.82, 2.24) is 0 Å². The fraction of sp³-hybridized carbons (Fsp3) is 0.615. The fourth-order valence-electron chi connectivity index (χ4n) is 0.839. The molecule has 0 unspecified atom stereocenters. The summed E-state index contributed by atoms with van der Waals surface area (Å²) in [4.78, 5) is -0.465. The third kappa shape index (κ3) is 6.18. The molecule has 0 heterocycles. The summed E-state index contributed by atoms with van der Waals surface area (Å²) >= 11 is 6.21. The number of nitrogens with zero attached hydrogens (tertiary/aromatic N) is 1. The SMILES string of the molecule is C=C[C@@](C)(Cl)[C@H](C)/C=C/C=N[S@@](=O)C(C)(C)C. The highest BCUT2D eigenvalue weighted by Crippen LogP contribution is 2.26. The van der Waals surface area contributed by atoms with Crippen LogP contribution >= 0.6 is 11.6 Å². The van der Waals surface area contributed by atoms with Crippen LogP contribution in [0.4, 0.5) is 0 Å². The molecule has 0 amide bonds. The molecule has 0 aromatic rings. The van der Waals surface area contributed by atoms with E-state index < -0.39 is 15.9 Å². The van der Waals surface area contributed by atoms with Crippen LogP contribution in [0.5, 0.6) is 0 Å². The van der Waals surface area contributed by atoms with Gasteiger partial charge in [-0.1, -0.05) is 19.1 Å². The Morgan fingerprint density at radius 1 is 1.35 bits per heavy atom. The molecular weight excluding hydrogens is 254 g/mol. The Bertz CT molecular complexity index is 340. The molecule has 0 saturated heterocycles. The minimum Gasteiger partial charge on any atom is -0.234 e. The normalized spacial score (nSPS) is 20.4. The van der Waals surface area contributed by atoms with E-state index in [0.29, 0.717) is 0 Å². The quantitative estimate of drug-likeness (QED) is 0.425. The lowest BCUT2D eigenvalue weighted by Gasteiger charge is -2.22. The highest BCUT2D eigenvalue weighted by molar-refractivity contribution is 7.85. The summed E-state index contributed by atoms with van der Waals surface area (Å²) in [6.45, 7) is 13.3. The molecule has 0 aliphatic rings. The van der Waals surface area contributed by atoms with Gasteiger partial charge in [0.2, 0.25) is 0 Å². The second-order valence-corrected chi connectivity index (χ2v) is 7.89. The smallest absolute Gasteiger partial charge is 0.144 e. The molecule has 4 heteroatoms. The number of allylic oxidation sites excluding steroid dienone is 3. The molecular formula is C13H22ClNOS. The molecule has 0 saturated carbocycles. The van der Waals surface area contributed by atoms with Crippen LogP contribution in [0.25, 0.3) is 0 Å². The molecule has 0 rings (SSSR count). The van der Waals surface area contributed by atoms with Gasteiger partial charge >= 0.3 is 0 Å². The van der Waals surface area contributed by atoms with Crippen LogP contribution in [0.15, 0.2) is 29.2 Å². The van der Waals surface area contributed by atoms with Gasteiger partial charge in [0.05, 0.1) is 9.62 Å². The first-order valence-corrected chi connectivity index (χ1v) is 7.05. The second kappa shape index (κ2) is 6.50. The average Bonchev–Trinajstić information content (AvgIpc) is 2.22. The summed E-state index contributed by atoms with van der Waals surface area (Å²) in [5.41, 5.74) is 0. The lowest BCUT2D eigenvalue weighted by atomic mass is 9.95. The Balaban J connectivity index is 4.44. The van der Waals surface area contributed by atoms with E-state index in [-0.39, 0.29) is 10.7 Å². The Labute approximate surface area is 112 Å². The lowest BCUT2D eigenvalue weighted by molar-refractivity contribution is 0.597. The van der Waals surface area contributed by atoms with Gasteiger partial charge < -0.3 is 0 Å². The zero-order valence-corrected chi connectivity index (χ0v) is 12.8. The van der Waals surface area contributed by atoms with Crippen LogP contribution in [0, 0.1) is 5.92 Å². The molecule has 0 fully saturated rings. The standard InChI is InChI=1S/C13H22ClNOS/c1-7-13(6,14)11(2)9-8-10-15-17(16)12(3,4)5/h7-11H,1H2,2-6H3/b9-8+,15-10?/t11-,13-,17+/m1/s1. The summed E-state index contributed by atoms with van der Waals surface area (Å²) in [7, 11) is -1.21. The van der Waals surface area contributed by atoms with Crippen molar-refractivity contribution >= 4 is 28.8 Å². The van der Waals surface area contributed by atoms with Gasteiger partial charge in [-0.25, -0.2) is 4.21 Å². The van der Waals surface area contributed by atoms with Crippen molar-refractivity contribution in [2.75, 3.05) is 0 Å². The minimum atomic E-state index is -1.21. The van der Waals surface area contributed by atoms with Crippen molar-refractivity contribution in [3.8, 4) is 0 Å². The molecule has 0 radical (unpaired) electrons. The van der Waals surface area contributed by atoms with E-state index in [4.69, 9.17) is 11.6 Å². The molecule has 2 nitrogen and oxygen atoms in total. The van der Waals surface area contributed by atoms with Crippen LogP contribution in [0.3, 0.4) is 0 Å². The van der Waals surface area contributed by atoms with Gasteiger partial charge in [0.25, 0.3) is 0 Å². The monoisotopic (exact) mass is 275 g/mol. The molecule has 0 aromatic heterocycles. The summed E-state index contributed by atoms with van der Waals surface area (Å²) in [5.74, 6) is 0.135. The van der Waals surface area contributed by atoms with Crippen molar-refractivity contribution < 1.29 is 4.21 Å². The molecule has 17 heavy (non-hydrogen) atoms. The largest absolute Gasteiger partial charge is 0.234 e. The molecule has 0 aromatic carbocycles. The van der Waals surface area contributed by atoms with Gasteiger partial charge in [-0.15, -0.1) is 18.2 Å². The maximum atomic E-state index is 11.6.